The van der Waals surface area contributed by atoms with Gasteiger partial charge in [0.05, 0.1) is 11.2 Å². The quantitative estimate of drug-likeness (QED) is 0.501. The van der Waals surface area contributed by atoms with Crippen molar-refractivity contribution in [2.75, 3.05) is 0 Å². The Balaban J connectivity index is 1.71. The molecule has 0 aliphatic heterocycles. The van der Waals surface area contributed by atoms with Crippen molar-refractivity contribution in [3.05, 3.63) is 97.0 Å². The minimum Gasteiger partial charge on any atom is -0.350 e. The number of aromatic nitrogens is 2. The maximum Gasteiger partial charge on any atom is 0.336 e. The van der Waals surface area contributed by atoms with Crippen LogP contribution in [0.2, 0.25) is 0 Å². The normalized spacial score (nSPS) is 11.1. The van der Waals surface area contributed by atoms with Gasteiger partial charge in [-0.2, -0.15) is 0 Å². The van der Waals surface area contributed by atoms with E-state index >= 15 is 0 Å². The number of amides is 1. The van der Waals surface area contributed by atoms with E-state index in [0.717, 1.165) is 27.8 Å². The van der Waals surface area contributed by atoms with Gasteiger partial charge in [0.1, 0.15) is 22.9 Å². The van der Waals surface area contributed by atoms with Crippen molar-refractivity contribution in [3.63, 3.8) is 0 Å². The van der Waals surface area contributed by atoms with Crippen LogP contribution in [-0.2, 0) is 17.9 Å². The first-order valence-electron chi connectivity index (χ1n) is 9.77. The monoisotopic (exact) mass is 455 g/mol. The second-order valence-corrected chi connectivity index (χ2v) is 8.36. The molecule has 0 saturated heterocycles. The molecular formula is C23H19F2N3O3S. The first kappa shape index (κ1) is 21.6. The molecular weight excluding hydrogens is 436 g/mol. The van der Waals surface area contributed by atoms with Crippen molar-refractivity contribution in [1.82, 2.24) is 14.5 Å². The minimum absolute atomic E-state index is 0.119. The molecule has 164 valence electrons. The summed E-state index contributed by atoms with van der Waals surface area (Å²) in [5.74, 6) is -2.03. The zero-order valence-electron chi connectivity index (χ0n) is 17.3. The number of nitrogens with zero attached hydrogens (tertiary/aromatic N) is 2. The molecule has 1 N–H and O–H groups in total. The molecule has 0 aliphatic carbocycles. The summed E-state index contributed by atoms with van der Waals surface area (Å²) in [6.45, 7) is 3.19. The lowest BCUT2D eigenvalue weighted by atomic mass is 10.1. The lowest BCUT2D eigenvalue weighted by Crippen LogP contribution is -2.41. The highest BCUT2D eigenvalue weighted by Crippen LogP contribution is 2.18. The van der Waals surface area contributed by atoms with Gasteiger partial charge in [-0.25, -0.2) is 18.1 Å². The fourth-order valence-corrected chi connectivity index (χ4v) is 4.39. The Morgan fingerprint density at radius 2 is 1.84 bits per heavy atom. The molecule has 0 spiro atoms. The summed E-state index contributed by atoms with van der Waals surface area (Å²) in [5, 5.41) is 4.22. The van der Waals surface area contributed by atoms with Crippen molar-refractivity contribution in [1.29, 1.82) is 0 Å². The number of hydrogen-bond acceptors (Lipinski definition) is 4. The van der Waals surface area contributed by atoms with E-state index in [4.69, 9.17) is 0 Å². The highest BCUT2D eigenvalue weighted by Gasteiger charge is 2.18. The first-order valence-corrected chi connectivity index (χ1v) is 10.7. The summed E-state index contributed by atoms with van der Waals surface area (Å²) < 4.78 is 29.5. The van der Waals surface area contributed by atoms with Crippen LogP contribution in [0.25, 0.3) is 15.9 Å². The van der Waals surface area contributed by atoms with Crippen LogP contribution in [-0.4, -0.2) is 15.0 Å². The molecule has 2 heterocycles. The highest BCUT2D eigenvalue weighted by molar-refractivity contribution is 7.17. The molecule has 4 aromatic rings. The van der Waals surface area contributed by atoms with Crippen LogP contribution in [0.1, 0.15) is 16.7 Å². The van der Waals surface area contributed by atoms with E-state index < -0.39 is 28.8 Å². The van der Waals surface area contributed by atoms with E-state index in [1.54, 1.807) is 30.5 Å². The number of nitrogens with one attached hydrogen (secondary N) is 1. The van der Waals surface area contributed by atoms with Crippen LogP contribution < -0.4 is 16.6 Å². The van der Waals surface area contributed by atoms with Crippen molar-refractivity contribution in [2.45, 2.75) is 26.9 Å². The van der Waals surface area contributed by atoms with Gasteiger partial charge in [-0.15, -0.1) is 11.3 Å². The maximum atomic E-state index is 13.8. The van der Waals surface area contributed by atoms with Crippen LogP contribution in [0, 0.1) is 25.5 Å². The molecule has 0 bridgehead atoms. The topological polar surface area (TPSA) is 73.1 Å². The molecule has 0 unspecified atom stereocenters. The lowest BCUT2D eigenvalue weighted by Gasteiger charge is -2.14. The zero-order chi connectivity index (χ0) is 23.0. The van der Waals surface area contributed by atoms with Crippen molar-refractivity contribution >= 4 is 27.5 Å². The molecule has 0 atom stereocenters. The van der Waals surface area contributed by atoms with Gasteiger partial charge in [-0.3, -0.25) is 14.2 Å². The van der Waals surface area contributed by atoms with Crippen LogP contribution >= 0.6 is 11.3 Å². The Kier molecular flexibility index (Phi) is 5.75. The zero-order valence-corrected chi connectivity index (χ0v) is 18.1. The fraction of sp³-hybridized carbons (Fsp3) is 0.174. The predicted octanol–water partition coefficient (Wildman–Crippen LogP) is 3.43. The standard InChI is InChI=1S/C23H19F2N3O3S/c1-13-3-6-18(14(2)9-13)28-22(30)21-19(7-8-32-21)27(23(28)31)12-20(29)26-11-15-4-5-16(24)10-17(15)25/h3-10H,11-12H2,1-2H3,(H,26,29). The summed E-state index contributed by atoms with van der Waals surface area (Å²) in [6.07, 6.45) is 0. The largest absolute Gasteiger partial charge is 0.350 e. The van der Waals surface area contributed by atoms with E-state index in [2.05, 4.69) is 5.32 Å². The van der Waals surface area contributed by atoms with E-state index in [9.17, 15) is 23.2 Å². The van der Waals surface area contributed by atoms with Crippen molar-refractivity contribution in [3.8, 4) is 5.69 Å². The Labute approximate surface area is 185 Å². The lowest BCUT2D eigenvalue weighted by molar-refractivity contribution is -0.121. The number of rotatable bonds is 5. The molecule has 9 heteroatoms. The number of carbonyl (C=O) groups excluding carboxylic acids is 1. The van der Waals surface area contributed by atoms with Gasteiger partial charge in [0.25, 0.3) is 5.56 Å². The number of halogens is 2. The number of carbonyl (C=O) groups is 1. The number of fused-ring (bicyclic) bond motifs is 1. The Hall–Kier alpha value is -3.59. The number of thiophene rings is 1. The first-order chi connectivity index (χ1) is 15.3. The Morgan fingerprint density at radius 3 is 2.56 bits per heavy atom. The minimum atomic E-state index is -0.772. The third-order valence-corrected chi connectivity index (χ3v) is 6.03. The van der Waals surface area contributed by atoms with E-state index in [-0.39, 0.29) is 18.7 Å². The second kappa shape index (κ2) is 8.51. The fourth-order valence-electron chi connectivity index (χ4n) is 3.57. The number of aryl methyl sites for hydroxylation is 2. The van der Waals surface area contributed by atoms with Gasteiger partial charge in [0.2, 0.25) is 5.91 Å². The van der Waals surface area contributed by atoms with Crippen LogP contribution in [0.4, 0.5) is 8.78 Å². The number of benzene rings is 2. The van der Waals surface area contributed by atoms with E-state index in [1.807, 2.05) is 13.0 Å². The van der Waals surface area contributed by atoms with Crippen molar-refractivity contribution < 1.29 is 13.6 Å². The molecule has 32 heavy (non-hydrogen) atoms. The second-order valence-electron chi connectivity index (χ2n) is 7.45. The summed E-state index contributed by atoms with van der Waals surface area (Å²) in [7, 11) is 0. The third kappa shape index (κ3) is 3.99. The summed E-state index contributed by atoms with van der Waals surface area (Å²) >= 11 is 1.19. The maximum absolute atomic E-state index is 13.8. The SMILES string of the molecule is Cc1ccc(-n2c(=O)c3sccc3n(CC(=O)NCc3ccc(F)cc3F)c2=O)c(C)c1. The molecule has 1 amide bonds. The average Bonchev–Trinajstić information content (AvgIpc) is 3.22. The molecule has 0 fully saturated rings. The summed E-state index contributed by atoms with van der Waals surface area (Å²) in [5.41, 5.74) is 1.57. The van der Waals surface area contributed by atoms with Gasteiger partial charge < -0.3 is 5.32 Å². The molecule has 2 aromatic carbocycles. The summed E-state index contributed by atoms with van der Waals surface area (Å²) in [4.78, 5) is 38.9. The Morgan fingerprint density at radius 1 is 1.06 bits per heavy atom. The smallest absolute Gasteiger partial charge is 0.336 e. The molecule has 2 aromatic heterocycles. The van der Waals surface area contributed by atoms with Crippen LogP contribution in [0.5, 0.6) is 0 Å². The van der Waals surface area contributed by atoms with Crippen LogP contribution in [0.3, 0.4) is 0 Å². The van der Waals surface area contributed by atoms with Gasteiger partial charge in [-0.1, -0.05) is 23.8 Å². The number of hydrogen-bond donors (Lipinski definition) is 1. The summed E-state index contributed by atoms with van der Waals surface area (Å²) in [6, 6.07) is 10.1. The van der Waals surface area contributed by atoms with Gasteiger partial charge in [0, 0.05) is 18.2 Å². The van der Waals surface area contributed by atoms with E-state index in [1.165, 1.54) is 22.0 Å². The van der Waals surface area contributed by atoms with E-state index in [0.29, 0.717) is 15.9 Å². The highest BCUT2D eigenvalue weighted by atomic mass is 32.1. The Bertz CT molecular complexity index is 1470. The van der Waals surface area contributed by atoms with Crippen LogP contribution in [0.15, 0.2) is 57.4 Å². The van der Waals surface area contributed by atoms with Gasteiger partial charge in [-0.05, 0) is 43.0 Å². The molecule has 4 rings (SSSR count). The van der Waals surface area contributed by atoms with Gasteiger partial charge >= 0.3 is 5.69 Å². The predicted molar refractivity (Wildman–Crippen MR) is 119 cm³/mol. The molecule has 6 nitrogen and oxygen atoms in total. The third-order valence-electron chi connectivity index (χ3n) is 5.14. The molecule has 0 aliphatic rings. The average molecular weight is 455 g/mol. The van der Waals surface area contributed by atoms with Crippen molar-refractivity contribution in [2.24, 2.45) is 0 Å². The molecule has 0 radical (unpaired) electrons. The molecule has 0 saturated carbocycles. The van der Waals surface area contributed by atoms with Gasteiger partial charge in [0.15, 0.2) is 0 Å².